The first kappa shape index (κ1) is 20.6. The number of pyridine rings is 1. The molecule has 1 fully saturated rings. The number of hydrogen-bond donors (Lipinski definition) is 1. The summed E-state index contributed by atoms with van der Waals surface area (Å²) < 4.78 is 10.9. The molecule has 28 heavy (non-hydrogen) atoms. The molecule has 1 aliphatic rings. The molecule has 1 aromatic carbocycles. The first-order valence-corrected chi connectivity index (χ1v) is 9.88. The second kappa shape index (κ2) is 9.87. The number of benzene rings is 1. The number of hydrogen-bond acceptors (Lipinski definition) is 5. The van der Waals surface area contributed by atoms with Crippen LogP contribution in [0.3, 0.4) is 0 Å². The molecule has 2 aromatic rings. The second-order valence-electron chi connectivity index (χ2n) is 7.02. The van der Waals surface area contributed by atoms with Crippen LogP contribution >= 0.6 is 11.6 Å². The Morgan fingerprint density at radius 2 is 2.00 bits per heavy atom. The van der Waals surface area contributed by atoms with Gasteiger partial charge in [0, 0.05) is 32.4 Å². The summed E-state index contributed by atoms with van der Waals surface area (Å²) in [4.78, 5) is 19.0. The Balaban J connectivity index is 1.62. The predicted octanol–water partition coefficient (Wildman–Crippen LogP) is 3.28. The molecule has 0 saturated carbocycles. The Hall–Kier alpha value is -2.15. The van der Waals surface area contributed by atoms with E-state index in [0.29, 0.717) is 23.0 Å². The first-order chi connectivity index (χ1) is 13.5. The molecule has 1 aliphatic heterocycles. The Bertz CT molecular complexity index is 807. The lowest BCUT2D eigenvalue weighted by Gasteiger charge is -2.27. The van der Waals surface area contributed by atoms with Crippen molar-refractivity contribution in [2.45, 2.75) is 33.0 Å². The normalized spacial score (nSPS) is 14.9. The topological polar surface area (TPSA) is 63.7 Å². The number of carbonyl (C=O) groups is 1. The SMILES string of the molecule is CC(C)Oc1ncc(C(=O)NCc2ccccc2CN2CCOCC2)cc1Cl. The molecule has 1 aromatic heterocycles. The van der Waals surface area contributed by atoms with Gasteiger partial charge in [-0.2, -0.15) is 0 Å². The van der Waals surface area contributed by atoms with Gasteiger partial charge in [0.15, 0.2) is 0 Å². The summed E-state index contributed by atoms with van der Waals surface area (Å²) in [6, 6.07) is 9.74. The molecular formula is C21H26ClN3O3. The summed E-state index contributed by atoms with van der Waals surface area (Å²) >= 11 is 6.19. The van der Waals surface area contributed by atoms with Gasteiger partial charge in [0.25, 0.3) is 5.91 Å². The molecule has 0 atom stereocenters. The largest absolute Gasteiger partial charge is 0.474 e. The van der Waals surface area contributed by atoms with E-state index >= 15 is 0 Å². The van der Waals surface area contributed by atoms with Gasteiger partial charge in [0.2, 0.25) is 5.88 Å². The fourth-order valence-electron chi connectivity index (χ4n) is 3.02. The van der Waals surface area contributed by atoms with E-state index in [4.69, 9.17) is 21.1 Å². The van der Waals surface area contributed by atoms with Crippen molar-refractivity contribution in [2.24, 2.45) is 0 Å². The van der Waals surface area contributed by atoms with E-state index in [0.717, 1.165) is 38.4 Å². The number of amides is 1. The highest BCUT2D eigenvalue weighted by molar-refractivity contribution is 6.32. The number of rotatable bonds is 7. The van der Waals surface area contributed by atoms with Crippen molar-refractivity contribution in [3.8, 4) is 5.88 Å². The maximum atomic E-state index is 12.5. The van der Waals surface area contributed by atoms with Crippen molar-refractivity contribution >= 4 is 17.5 Å². The molecule has 7 heteroatoms. The minimum atomic E-state index is -0.216. The van der Waals surface area contributed by atoms with Gasteiger partial charge in [0.05, 0.1) is 24.9 Å². The molecule has 0 spiro atoms. The van der Waals surface area contributed by atoms with Crippen molar-refractivity contribution in [1.29, 1.82) is 0 Å². The van der Waals surface area contributed by atoms with Crippen LogP contribution in [0.15, 0.2) is 36.5 Å². The number of nitrogens with one attached hydrogen (secondary N) is 1. The monoisotopic (exact) mass is 403 g/mol. The lowest BCUT2D eigenvalue weighted by Crippen LogP contribution is -2.36. The molecule has 0 bridgehead atoms. The second-order valence-corrected chi connectivity index (χ2v) is 7.42. The summed E-state index contributed by atoms with van der Waals surface area (Å²) in [5.41, 5.74) is 2.72. The number of morpholine rings is 1. The molecule has 0 unspecified atom stereocenters. The number of halogens is 1. The lowest BCUT2D eigenvalue weighted by molar-refractivity contribution is 0.0340. The Labute approximate surface area is 170 Å². The average molecular weight is 404 g/mol. The number of nitrogens with zero attached hydrogens (tertiary/aromatic N) is 2. The molecule has 3 rings (SSSR count). The van der Waals surface area contributed by atoms with Crippen LogP contribution in [-0.4, -0.2) is 48.2 Å². The number of carbonyl (C=O) groups excluding carboxylic acids is 1. The van der Waals surface area contributed by atoms with Crippen molar-refractivity contribution in [2.75, 3.05) is 26.3 Å². The van der Waals surface area contributed by atoms with Gasteiger partial charge in [-0.1, -0.05) is 35.9 Å². The summed E-state index contributed by atoms with van der Waals surface area (Å²) in [7, 11) is 0. The average Bonchev–Trinajstić information content (AvgIpc) is 2.69. The third kappa shape index (κ3) is 5.67. The Morgan fingerprint density at radius 3 is 2.68 bits per heavy atom. The number of ether oxygens (including phenoxy) is 2. The van der Waals surface area contributed by atoms with Crippen LogP contribution in [0.4, 0.5) is 0 Å². The van der Waals surface area contributed by atoms with Gasteiger partial charge in [-0.3, -0.25) is 9.69 Å². The van der Waals surface area contributed by atoms with Gasteiger partial charge >= 0.3 is 0 Å². The van der Waals surface area contributed by atoms with Gasteiger partial charge in [-0.05, 0) is 31.0 Å². The summed E-state index contributed by atoms with van der Waals surface area (Å²) in [6.45, 7) is 8.48. The van der Waals surface area contributed by atoms with E-state index < -0.39 is 0 Å². The highest BCUT2D eigenvalue weighted by Gasteiger charge is 2.15. The van der Waals surface area contributed by atoms with Crippen molar-refractivity contribution in [3.05, 3.63) is 58.2 Å². The van der Waals surface area contributed by atoms with E-state index in [1.807, 2.05) is 32.0 Å². The minimum Gasteiger partial charge on any atom is -0.474 e. The van der Waals surface area contributed by atoms with E-state index in [2.05, 4.69) is 21.3 Å². The van der Waals surface area contributed by atoms with Crippen LogP contribution in [-0.2, 0) is 17.8 Å². The Morgan fingerprint density at radius 1 is 1.29 bits per heavy atom. The fourth-order valence-corrected chi connectivity index (χ4v) is 3.23. The van der Waals surface area contributed by atoms with Gasteiger partial charge in [0.1, 0.15) is 5.02 Å². The smallest absolute Gasteiger partial charge is 0.253 e. The van der Waals surface area contributed by atoms with Crippen LogP contribution in [0.25, 0.3) is 0 Å². The molecule has 150 valence electrons. The van der Waals surface area contributed by atoms with Gasteiger partial charge in [-0.25, -0.2) is 4.98 Å². The van der Waals surface area contributed by atoms with Crippen molar-refractivity contribution in [1.82, 2.24) is 15.2 Å². The molecule has 6 nitrogen and oxygen atoms in total. The van der Waals surface area contributed by atoms with Crippen molar-refractivity contribution < 1.29 is 14.3 Å². The van der Waals surface area contributed by atoms with Gasteiger partial charge < -0.3 is 14.8 Å². The van der Waals surface area contributed by atoms with Crippen LogP contribution in [0.1, 0.15) is 35.3 Å². The van der Waals surface area contributed by atoms with Crippen LogP contribution in [0.5, 0.6) is 5.88 Å². The van der Waals surface area contributed by atoms with E-state index in [1.54, 1.807) is 6.07 Å². The molecule has 0 aliphatic carbocycles. The molecule has 1 amide bonds. The molecule has 1 saturated heterocycles. The van der Waals surface area contributed by atoms with Crippen LogP contribution in [0.2, 0.25) is 5.02 Å². The summed E-state index contributed by atoms with van der Waals surface area (Å²) in [5, 5.41) is 3.29. The zero-order valence-corrected chi connectivity index (χ0v) is 17.0. The molecular weight excluding hydrogens is 378 g/mol. The fraction of sp³-hybridized carbons (Fsp3) is 0.429. The van der Waals surface area contributed by atoms with E-state index in [-0.39, 0.29) is 12.0 Å². The third-order valence-corrected chi connectivity index (χ3v) is 4.74. The van der Waals surface area contributed by atoms with E-state index in [1.165, 1.54) is 11.8 Å². The maximum absolute atomic E-state index is 12.5. The standard InChI is InChI=1S/C21H26ClN3O3/c1-15(2)28-21-19(22)11-18(13-24-21)20(26)23-12-16-5-3-4-6-17(16)14-25-7-9-27-10-8-25/h3-6,11,13,15H,7-10,12,14H2,1-2H3,(H,23,26). The molecule has 0 radical (unpaired) electrons. The van der Waals surface area contributed by atoms with Gasteiger partial charge in [-0.15, -0.1) is 0 Å². The summed E-state index contributed by atoms with van der Waals surface area (Å²) in [6.07, 6.45) is 1.45. The summed E-state index contributed by atoms with van der Waals surface area (Å²) in [5.74, 6) is 0.121. The Kier molecular flexibility index (Phi) is 7.25. The zero-order valence-electron chi connectivity index (χ0n) is 16.3. The van der Waals surface area contributed by atoms with Crippen molar-refractivity contribution in [3.63, 3.8) is 0 Å². The highest BCUT2D eigenvalue weighted by atomic mass is 35.5. The zero-order chi connectivity index (χ0) is 19.9. The molecule has 2 heterocycles. The van der Waals surface area contributed by atoms with Crippen LogP contribution in [0, 0.1) is 0 Å². The number of aromatic nitrogens is 1. The molecule has 1 N–H and O–H groups in total. The third-order valence-electron chi connectivity index (χ3n) is 4.47. The highest BCUT2D eigenvalue weighted by Crippen LogP contribution is 2.23. The lowest BCUT2D eigenvalue weighted by atomic mass is 10.1. The quantitative estimate of drug-likeness (QED) is 0.768. The minimum absolute atomic E-state index is 0.0346. The predicted molar refractivity (Wildman–Crippen MR) is 109 cm³/mol. The first-order valence-electron chi connectivity index (χ1n) is 9.50. The van der Waals surface area contributed by atoms with Crippen LogP contribution < -0.4 is 10.1 Å². The van der Waals surface area contributed by atoms with E-state index in [9.17, 15) is 4.79 Å². The maximum Gasteiger partial charge on any atom is 0.253 e.